The van der Waals surface area contributed by atoms with Gasteiger partial charge in [0.05, 0.1) is 6.54 Å². The van der Waals surface area contributed by atoms with E-state index in [1.54, 1.807) is 0 Å². The van der Waals surface area contributed by atoms with Gasteiger partial charge in [-0.1, -0.05) is 47.0 Å². The topological polar surface area (TPSA) is 49.4 Å². The number of ketones is 1. The number of carbonyl (C=O) groups excluding carboxylic acids is 2. The van der Waals surface area contributed by atoms with Crippen molar-refractivity contribution in [3.05, 3.63) is 35.6 Å². The van der Waals surface area contributed by atoms with Gasteiger partial charge in [-0.25, -0.2) is 4.39 Å². The molecule has 1 saturated carbocycles. The van der Waals surface area contributed by atoms with Gasteiger partial charge in [-0.3, -0.25) is 9.69 Å². The molecule has 30 heavy (non-hydrogen) atoms. The first-order chi connectivity index (χ1) is 14.3. The van der Waals surface area contributed by atoms with E-state index >= 15 is 0 Å². The van der Waals surface area contributed by atoms with Crippen LogP contribution in [0.15, 0.2) is 24.3 Å². The van der Waals surface area contributed by atoms with Crippen molar-refractivity contribution in [2.45, 2.75) is 72.3 Å². The first-order valence-electron chi connectivity index (χ1n) is 11.4. The average Bonchev–Trinajstić information content (AvgIpc) is 2.77. The number of carbonyl (C=O) groups is 2. The Labute approximate surface area is 182 Å². The molecule has 1 fully saturated rings. The fraction of sp³-hybridized carbons (Fsp3) is 0.680. The van der Waals surface area contributed by atoms with E-state index in [4.69, 9.17) is 0 Å². The lowest BCUT2D eigenvalue weighted by Gasteiger charge is -2.37. The molecular formula is C25H41FN2O2. The number of likely N-dealkylation sites (N-methyl/N-ethyl adjacent to an activating group) is 1. The zero-order valence-electron chi connectivity index (χ0n) is 19.5. The van der Waals surface area contributed by atoms with Crippen LogP contribution in [-0.4, -0.2) is 49.7 Å². The molecule has 1 N–H and O–H groups in total. The summed E-state index contributed by atoms with van der Waals surface area (Å²) in [5.74, 6) is 0.121. The lowest BCUT2D eigenvalue weighted by atomic mass is 9.69. The third-order valence-electron chi connectivity index (χ3n) is 6.33. The van der Waals surface area contributed by atoms with Crippen LogP contribution in [0.4, 0.5) is 4.39 Å². The molecule has 0 aliphatic heterocycles. The molecule has 1 aromatic rings. The molecule has 170 valence electrons. The Bertz CT molecular complexity index is 627. The van der Waals surface area contributed by atoms with Crippen molar-refractivity contribution < 1.29 is 14.0 Å². The second-order valence-corrected chi connectivity index (χ2v) is 8.95. The van der Waals surface area contributed by atoms with E-state index in [0.29, 0.717) is 24.1 Å². The van der Waals surface area contributed by atoms with Crippen LogP contribution >= 0.6 is 0 Å². The number of hydrogen-bond donors (Lipinski definition) is 1. The molecule has 1 unspecified atom stereocenters. The zero-order valence-corrected chi connectivity index (χ0v) is 19.5. The maximum Gasteiger partial charge on any atom is 0.176 e. The minimum Gasteiger partial charge on any atom is -0.318 e. The van der Waals surface area contributed by atoms with Crippen LogP contribution in [0.25, 0.3) is 0 Å². The molecule has 0 aromatic heterocycles. The maximum atomic E-state index is 13.0. The summed E-state index contributed by atoms with van der Waals surface area (Å²) in [6.45, 7) is 10.1. The predicted molar refractivity (Wildman–Crippen MR) is 122 cm³/mol. The van der Waals surface area contributed by atoms with Gasteiger partial charge in [0.25, 0.3) is 0 Å². The Kier molecular flexibility index (Phi) is 12.0. The van der Waals surface area contributed by atoms with Crippen LogP contribution in [0.1, 0.15) is 76.6 Å². The SMILES string of the molecule is CCN(CCC(C)(C=O)C1CCCCC1)CC(=O)c1ccc(F)cc1.CNC(C)C. The molecule has 1 atom stereocenters. The number of Topliss-reactive ketones (excluding diaryl/α,β-unsaturated/α-hetero) is 1. The number of halogens is 1. The van der Waals surface area contributed by atoms with E-state index < -0.39 is 0 Å². The maximum absolute atomic E-state index is 13.0. The highest BCUT2D eigenvalue weighted by atomic mass is 19.1. The second-order valence-electron chi connectivity index (χ2n) is 8.95. The van der Waals surface area contributed by atoms with Crippen molar-refractivity contribution in [1.29, 1.82) is 0 Å². The monoisotopic (exact) mass is 420 g/mol. The highest BCUT2D eigenvalue weighted by Gasteiger charge is 2.34. The quantitative estimate of drug-likeness (QED) is 0.422. The number of benzene rings is 1. The van der Waals surface area contributed by atoms with Crippen LogP contribution in [-0.2, 0) is 4.79 Å². The molecule has 0 heterocycles. The molecular weight excluding hydrogens is 379 g/mol. The van der Waals surface area contributed by atoms with E-state index in [-0.39, 0.29) is 17.0 Å². The second kappa shape index (κ2) is 13.7. The molecule has 1 aliphatic carbocycles. The fourth-order valence-electron chi connectivity index (χ4n) is 3.80. The number of hydrogen-bond acceptors (Lipinski definition) is 4. The van der Waals surface area contributed by atoms with E-state index in [0.717, 1.165) is 38.6 Å². The minimum atomic E-state index is -0.335. The highest BCUT2D eigenvalue weighted by molar-refractivity contribution is 5.97. The van der Waals surface area contributed by atoms with Gasteiger partial charge in [0.2, 0.25) is 0 Å². The Balaban J connectivity index is 0.000000804. The highest BCUT2D eigenvalue weighted by Crippen LogP contribution is 2.39. The molecule has 0 amide bonds. The summed E-state index contributed by atoms with van der Waals surface area (Å²) in [7, 11) is 1.95. The Morgan fingerprint density at radius 1 is 1.23 bits per heavy atom. The molecule has 0 radical (unpaired) electrons. The molecule has 1 aliphatic rings. The summed E-state index contributed by atoms with van der Waals surface area (Å²) < 4.78 is 13.0. The summed E-state index contributed by atoms with van der Waals surface area (Å²) in [5.41, 5.74) is 0.234. The lowest BCUT2D eigenvalue weighted by Crippen LogP contribution is -2.37. The first-order valence-corrected chi connectivity index (χ1v) is 11.4. The standard InChI is InChI=1S/C21H30FNO2.C4H11N/c1-3-23(15-20(25)17-9-11-19(22)12-10-17)14-13-21(2,16-24)18-7-5-4-6-8-18;1-4(2)5-3/h9-12,16,18H,3-8,13-15H2,1-2H3;4-5H,1-3H3. The van der Waals surface area contributed by atoms with Crippen molar-refractivity contribution in [2.75, 3.05) is 26.7 Å². The Morgan fingerprint density at radius 3 is 2.27 bits per heavy atom. The third-order valence-corrected chi connectivity index (χ3v) is 6.33. The summed E-state index contributed by atoms with van der Waals surface area (Å²) >= 11 is 0. The number of aldehydes is 1. The molecule has 0 spiro atoms. The van der Waals surface area contributed by atoms with E-state index in [1.807, 2.05) is 14.0 Å². The van der Waals surface area contributed by atoms with Crippen LogP contribution in [0.3, 0.4) is 0 Å². The summed E-state index contributed by atoms with van der Waals surface area (Å²) in [5, 5.41) is 3.03. The molecule has 5 heteroatoms. The zero-order chi connectivity index (χ0) is 22.6. The van der Waals surface area contributed by atoms with Gasteiger partial charge in [0.15, 0.2) is 5.78 Å². The largest absolute Gasteiger partial charge is 0.318 e. The minimum absolute atomic E-state index is 0.00711. The number of nitrogens with zero attached hydrogens (tertiary/aromatic N) is 1. The van der Waals surface area contributed by atoms with Gasteiger partial charge in [0, 0.05) is 17.0 Å². The molecule has 0 bridgehead atoms. The fourth-order valence-corrected chi connectivity index (χ4v) is 3.80. The van der Waals surface area contributed by atoms with Crippen molar-refractivity contribution in [1.82, 2.24) is 10.2 Å². The lowest BCUT2D eigenvalue weighted by molar-refractivity contribution is -0.119. The first kappa shape index (κ1) is 26.4. The van der Waals surface area contributed by atoms with Crippen molar-refractivity contribution >= 4 is 12.1 Å². The van der Waals surface area contributed by atoms with Gasteiger partial charge < -0.3 is 10.1 Å². The molecule has 2 rings (SSSR count). The van der Waals surface area contributed by atoms with E-state index in [2.05, 4.69) is 31.0 Å². The smallest absolute Gasteiger partial charge is 0.176 e. The van der Waals surface area contributed by atoms with Crippen LogP contribution < -0.4 is 5.32 Å². The van der Waals surface area contributed by atoms with E-state index in [9.17, 15) is 14.0 Å². The summed E-state index contributed by atoms with van der Waals surface area (Å²) in [6.07, 6.45) is 7.90. The van der Waals surface area contributed by atoms with Crippen LogP contribution in [0.5, 0.6) is 0 Å². The van der Waals surface area contributed by atoms with Crippen molar-refractivity contribution in [2.24, 2.45) is 11.3 Å². The van der Waals surface area contributed by atoms with Crippen LogP contribution in [0.2, 0.25) is 0 Å². The van der Waals surface area contributed by atoms with Gasteiger partial charge in [-0.05, 0) is 69.6 Å². The van der Waals surface area contributed by atoms with Crippen molar-refractivity contribution in [3.63, 3.8) is 0 Å². The van der Waals surface area contributed by atoms with Crippen LogP contribution in [0, 0.1) is 17.2 Å². The normalized spacial score (nSPS) is 16.7. The number of rotatable bonds is 10. The van der Waals surface area contributed by atoms with Gasteiger partial charge in [-0.15, -0.1) is 0 Å². The third kappa shape index (κ3) is 9.05. The van der Waals surface area contributed by atoms with Gasteiger partial charge >= 0.3 is 0 Å². The van der Waals surface area contributed by atoms with Crippen molar-refractivity contribution in [3.8, 4) is 0 Å². The molecule has 1 aromatic carbocycles. The van der Waals surface area contributed by atoms with E-state index in [1.165, 1.54) is 43.5 Å². The molecule has 4 nitrogen and oxygen atoms in total. The molecule has 0 saturated heterocycles. The van der Waals surface area contributed by atoms with Gasteiger partial charge in [0.1, 0.15) is 12.1 Å². The predicted octanol–water partition coefficient (Wildman–Crippen LogP) is 5.12. The Hall–Kier alpha value is -1.59. The number of nitrogens with one attached hydrogen (secondary N) is 1. The summed E-state index contributed by atoms with van der Waals surface area (Å²) in [4.78, 5) is 26.2. The Morgan fingerprint density at radius 2 is 1.80 bits per heavy atom. The average molecular weight is 421 g/mol. The van der Waals surface area contributed by atoms with Gasteiger partial charge in [-0.2, -0.15) is 0 Å². The summed E-state index contributed by atoms with van der Waals surface area (Å²) in [6, 6.07) is 6.33.